The molecule has 0 spiro atoms. The molecule has 0 bridgehead atoms. The quantitative estimate of drug-likeness (QED) is 0.483. The molecule has 0 atom stereocenters. The maximum absolute atomic E-state index is 5.41. The Bertz CT molecular complexity index is 144. The van der Waals surface area contributed by atoms with Gasteiger partial charge in [-0.05, 0) is 20.8 Å². The largest absolute Gasteiger partial charge is 0.456 e. The van der Waals surface area contributed by atoms with Crippen LogP contribution in [0.3, 0.4) is 0 Å². The van der Waals surface area contributed by atoms with Crippen molar-refractivity contribution in [1.29, 1.82) is 0 Å². The Kier molecular flexibility index (Phi) is 6.31. The van der Waals surface area contributed by atoms with Gasteiger partial charge in [0.25, 0.3) is 0 Å². The highest BCUT2D eigenvalue weighted by molar-refractivity contribution is 6.81. The highest BCUT2D eigenvalue weighted by Crippen LogP contribution is 1.91. The SMILES string of the molecule is CCOB1NB(OCC)NB(OCC)N1. The molecule has 0 aliphatic carbocycles. The van der Waals surface area contributed by atoms with Gasteiger partial charge in [-0.3, -0.25) is 0 Å². The van der Waals surface area contributed by atoms with Gasteiger partial charge in [-0.15, -0.1) is 0 Å². The molecule has 1 saturated heterocycles. The normalized spacial score (nSPS) is 17.4. The smallest absolute Gasteiger partial charge is 0.409 e. The predicted octanol–water partition coefficient (Wildman–Crippen LogP) is -1.17. The van der Waals surface area contributed by atoms with Crippen molar-refractivity contribution in [3.8, 4) is 0 Å². The number of rotatable bonds is 6. The summed E-state index contributed by atoms with van der Waals surface area (Å²) in [6.07, 6.45) is 0. The summed E-state index contributed by atoms with van der Waals surface area (Å²) in [5.74, 6) is 0. The lowest BCUT2D eigenvalue weighted by Gasteiger charge is -2.30. The minimum atomic E-state index is -0.246. The van der Waals surface area contributed by atoms with Gasteiger partial charge in [-0.25, -0.2) is 0 Å². The van der Waals surface area contributed by atoms with E-state index in [2.05, 4.69) is 15.4 Å². The van der Waals surface area contributed by atoms with Crippen molar-refractivity contribution in [1.82, 2.24) is 15.4 Å². The molecule has 0 unspecified atom stereocenters. The van der Waals surface area contributed by atoms with Crippen molar-refractivity contribution < 1.29 is 14.0 Å². The molecule has 0 radical (unpaired) electrons. The molecule has 1 aliphatic rings. The van der Waals surface area contributed by atoms with E-state index >= 15 is 0 Å². The van der Waals surface area contributed by atoms with Gasteiger partial charge in [0.1, 0.15) is 0 Å². The molecule has 3 N–H and O–H groups in total. The Morgan fingerprint density at radius 3 is 1.13 bits per heavy atom. The first-order chi connectivity index (χ1) is 7.30. The summed E-state index contributed by atoms with van der Waals surface area (Å²) in [5, 5.41) is 9.29. The van der Waals surface area contributed by atoms with Gasteiger partial charge < -0.3 is 29.4 Å². The van der Waals surface area contributed by atoms with Crippen molar-refractivity contribution in [2.45, 2.75) is 20.8 Å². The lowest BCUT2D eigenvalue weighted by atomic mass is 9.71. The van der Waals surface area contributed by atoms with E-state index in [1.165, 1.54) is 0 Å². The fourth-order valence-electron chi connectivity index (χ4n) is 1.35. The van der Waals surface area contributed by atoms with Crippen molar-refractivity contribution >= 4 is 21.6 Å². The second-order valence-corrected chi connectivity index (χ2v) is 3.01. The summed E-state index contributed by atoms with van der Waals surface area (Å²) < 4.78 is 16.2. The molecule has 9 heteroatoms. The van der Waals surface area contributed by atoms with Crippen LogP contribution in [0.1, 0.15) is 20.8 Å². The van der Waals surface area contributed by atoms with Crippen LogP contribution in [0.15, 0.2) is 0 Å². The fraction of sp³-hybridized carbons (Fsp3) is 1.00. The van der Waals surface area contributed by atoms with Crippen LogP contribution in [0.5, 0.6) is 0 Å². The maximum atomic E-state index is 5.41. The lowest BCUT2D eigenvalue weighted by Crippen LogP contribution is -2.77. The topological polar surface area (TPSA) is 63.8 Å². The summed E-state index contributed by atoms with van der Waals surface area (Å²) in [5.41, 5.74) is 0. The Morgan fingerprint density at radius 2 is 0.933 bits per heavy atom. The molecule has 0 aromatic heterocycles. The van der Waals surface area contributed by atoms with Crippen molar-refractivity contribution in [2.75, 3.05) is 19.8 Å². The van der Waals surface area contributed by atoms with E-state index < -0.39 is 0 Å². The average molecular weight is 213 g/mol. The molecule has 1 rings (SSSR count). The lowest BCUT2D eigenvalue weighted by molar-refractivity contribution is 0.290. The fourth-order valence-corrected chi connectivity index (χ4v) is 1.35. The van der Waals surface area contributed by atoms with Gasteiger partial charge in [0, 0.05) is 19.8 Å². The Morgan fingerprint density at radius 1 is 0.667 bits per heavy atom. The van der Waals surface area contributed by atoms with Crippen LogP contribution in [0, 0.1) is 0 Å². The molecule has 0 aromatic rings. The minimum absolute atomic E-state index is 0.246. The summed E-state index contributed by atoms with van der Waals surface area (Å²) in [6, 6.07) is 0. The van der Waals surface area contributed by atoms with Gasteiger partial charge in [-0.2, -0.15) is 0 Å². The molecule has 1 heterocycles. The third-order valence-electron chi connectivity index (χ3n) is 1.91. The Balaban J connectivity index is 2.40. The second kappa shape index (κ2) is 7.26. The number of hydrogen-bond donors (Lipinski definition) is 3. The molecule has 1 fully saturated rings. The molecule has 0 saturated carbocycles. The summed E-state index contributed by atoms with van der Waals surface area (Å²) in [4.78, 5) is 0. The first-order valence-electron chi connectivity index (χ1n) is 5.43. The molecular formula is C6H18B3N3O3. The molecule has 0 aromatic carbocycles. The average Bonchev–Trinajstić information content (AvgIpc) is 2.19. The molecular weight excluding hydrogens is 195 g/mol. The van der Waals surface area contributed by atoms with Gasteiger partial charge in [0.15, 0.2) is 0 Å². The van der Waals surface area contributed by atoms with E-state index in [4.69, 9.17) is 14.0 Å². The summed E-state index contributed by atoms with van der Waals surface area (Å²) >= 11 is 0. The van der Waals surface area contributed by atoms with Crippen LogP contribution in [0.25, 0.3) is 0 Å². The van der Waals surface area contributed by atoms with Gasteiger partial charge >= 0.3 is 21.6 Å². The summed E-state index contributed by atoms with van der Waals surface area (Å²) in [6.45, 7) is 7.71. The van der Waals surface area contributed by atoms with Crippen LogP contribution in [0.2, 0.25) is 0 Å². The molecule has 84 valence electrons. The first-order valence-corrected chi connectivity index (χ1v) is 5.43. The molecule has 6 nitrogen and oxygen atoms in total. The summed E-state index contributed by atoms with van der Waals surface area (Å²) in [7, 11) is -0.738. The number of hydrogen-bond acceptors (Lipinski definition) is 6. The maximum Gasteiger partial charge on any atom is 0.456 e. The Hall–Kier alpha value is -0.0452. The van der Waals surface area contributed by atoms with E-state index in [-0.39, 0.29) is 21.6 Å². The minimum Gasteiger partial charge on any atom is -0.409 e. The van der Waals surface area contributed by atoms with Crippen LogP contribution < -0.4 is 15.4 Å². The zero-order chi connectivity index (χ0) is 11.1. The molecule has 15 heavy (non-hydrogen) atoms. The van der Waals surface area contributed by atoms with Crippen LogP contribution >= 0.6 is 0 Å². The third kappa shape index (κ3) is 4.54. The van der Waals surface area contributed by atoms with Crippen molar-refractivity contribution in [2.24, 2.45) is 0 Å². The van der Waals surface area contributed by atoms with Crippen molar-refractivity contribution in [3.63, 3.8) is 0 Å². The highest BCUT2D eigenvalue weighted by Gasteiger charge is 2.39. The van der Waals surface area contributed by atoms with E-state index in [1.807, 2.05) is 20.8 Å². The van der Waals surface area contributed by atoms with Gasteiger partial charge in [0.2, 0.25) is 0 Å². The monoisotopic (exact) mass is 213 g/mol. The molecule has 1 aliphatic heterocycles. The van der Waals surface area contributed by atoms with Crippen LogP contribution in [-0.2, 0) is 14.0 Å². The van der Waals surface area contributed by atoms with E-state index in [1.54, 1.807) is 0 Å². The first kappa shape index (κ1) is 13.0. The second-order valence-electron chi connectivity index (χ2n) is 3.01. The molecule has 0 amide bonds. The van der Waals surface area contributed by atoms with Gasteiger partial charge in [-0.1, -0.05) is 0 Å². The van der Waals surface area contributed by atoms with Crippen LogP contribution in [-0.4, -0.2) is 41.4 Å². The van der Waals surface area contributed by atoms with E-state index in [0.717, 1.165) is 0 Å². The van der Waals surface area contributed by atoms with Gasteiger partial charge in [0.05, 0.1) is 0 Å². The number of nitrogens with one attached hydrogen (secondary N) is 3. The van der Waals surface area contributed by atoms with E-state index in [0.29, 0.717) is 19.8 Å². The standard InChI is InChI=1S/C6H18B3N3O3/c1-4-13-7-10-8(14-5-2)12-9(11-7)15-6-3/h10-12H,4-6H2,1-3H3. The highest BCUT2D eigenvalue weighted by atomic mass is 16.5. The third-order valence-corrected chi connectivity index (χ3v) is 1.91. The van der Waals surface area contributed by atoms with E-state index in [9.17, 15) is 0 Å². The van der Waals surface area contributed by atoms with Crippen LogP contribution in [0.4, 0.5) is 0 Å². The zero-order valence-corrected chi connectivity index (χ0v) is 9.58. The predicted molar refractivity (Wildman–Crippen MR) is 61.5 cm³/mol. The van der Waals surface area contributed by atoms with Crippen molar-refractivity contribution in [3.05, 3.63) is 0 Å². The Labute approximate surface area is 92.3 Å². The zero-order valence-electron chi connectivity index (χ0n) is 9.58.